The maximum atomic E-state index is 6.25. The van der Waals surface area contributed by atoms with Gasteiger partial charge in [0.05, 0.1) is 10.7 Å². The Morgan fingerprint density at radius 1 is 1.25 bits per heavy atom. The zero-order chi connectivity index (χ0) is 15.0. The molecule has 2 unspecified atom stereocenters. The van der Waals surface area contributed by atoms with Crippen molar-refractivity contribution in [1.82, 2.24) is 10.1 Å². The molecule has 1 fully saturated rings. The molecule has 0 bridgehead atoms. The summed E-state index contributed by atoms with van der Waals surface area (Å²) >= 11 is 3.96. The van der Waals surface area contributed by atoms with Gasteiger partial charge < -0.3 is 10.3 Å². The Hall–Kier alpha value is -0.200. The summed E-state index contributed by atoms with van der Waals surface area (Å²) in [7, 11) is 0. The summed E-state index contributed by atoms with van der Waals surface area (Å²) in [6, 6.07) is 0. The van der Waals surface area contributed by atoms with Crippen LogP contribution in [0.15, 0.2) is 4.52 Å². The van der Waals surface area contributed by atoms with Gasteiger partial charge in [0.1, 0.15) is 0 Å². The molecule has 0 aromatic carbocycles. The van der Waals surface area contributed by atoms with Crippen LogP contribution in [-0.4, -0.2) is 32.4 Å². The van der Waals surface area contributed by atoms with Crippen molar-refractivity contribution in [3.8, 4) is 0 Å². The van der Waals surface area contributed by atoms with Gasteiger partial charge in [-0.3, -0.25) is 0 Å². The average molecular weight is 316 g/mol. The van der Waals surface area contributed by atoms with Gasteiger partial charge in [-0.05, 0) is 34.1 Å². The molecule has 2 rings (SSSR count). The van der Waals surface area contributed by atoms with Crippen molar-refractivity contribution < 1.29 is 4.52 Å². The molecule has 0 amide bonds. The summed E-state index contributed by atoms with van der Waals surface area (Å²) in [5.41, 5.74) is 5.50. The van der Waals surface area contributed by atoms with Gasteiger partial charge >= 0.3 is 0 Å². The van der Waals surface area contributed by atoms with E-state index < -0.39 is 5.54 Å². The van der Waals surface area contributed by atoms with E-state index in [1.165, 1.54) is 5.75 Å². The lowest BCUT2D eigenvalue weighted by atomic mass is 9.75. The number of aromatic nitrogens is 2. The summed E-state index contributed by atoms with van der Waals surface area (Å²) in [6.45, 7) is 10.3. The molecule has 4 nitrogen and oxygen atoms in total. The van der Waals surface area contributed by atoms with E-state index in [0.717, 1.165) is 18.0 Å². The molecule has 1 aliphatic rings. The lowest BCUT2D eigenvalue weighted by Crippen LogP contribution is -2.50. The maximum Gasteiger partial charge on any atom is 0.234 e. The minimum Gasteiger partial charge on any atom is -0.339 e. The van der Waals surface area contributed by atoms with Crippen molar-refractivity contribution in [3.63, 3.8) is 0 Å². The number of rotatable bonds is 4. The molecule has 20 heavy (non-hydrogen) atoms. The normalized spacial score (nSPS) is 24.9. The fraction of sp³-hybridized carbons (Fsp3) is 0.857. The standard InChI is InChI=1S/C14H25N3OS2/c1-6-9-10(20-8-7-19-9)11-16-12(18-17-11)13(2,3)14(4,5)15/h9-10H,6-8,15H2,1-5H3. The van der Waals surface area contributed by atoms with Crippen LogP contribution in [0.5, 0.6) is 0 Å². The minimum atomic E-state index is -0.407. The number of hydrogen-bond acceptors (Lipinski definition) is 6. The van der Waals surface area contributed by atoms with Crippen molar-refractivity contribution in [2.75, 3.05) is 11.5 Å². The van der Waals surface area contributed by atoms with Crippen LogP contribution < -0.4 is 5.73 Å². The number of thioether (sulfide) groups is 2. The summed E-state index contributed by atoms with van der Waals surface area (Å²) < 4.78 is 5.54. The zero-order valence-corrected chi connectivity index (χ0v) is 14.6. The summed E-state index contributed by atoms with van der Waals surface area (Å²) in [6.07, 6.45) is 1.14. The summed E-state index contributed by atoms with van der Waals surface area (Å²) in [5, 5.41) is 5.16. The van der Waals surface area contributed by atoms with Gasteiger partial charge in [0.2, 0.25) is 5.89 Å². The van der Waals surface area contributed by atoms with Crippen molar-refractivity contribution in [1.29, 1.82) is 0 Å². The molecular weight excluding hydrogens is 290 g/mol. The first-order valence-electron chi connectivity index (χ1n) is 7.13. The molecule has 0 radical (unpaired) electrons. The maximum absolute atomic E-state index is 6.25. The Morgan fingerprint density at radius 3 is 2.50 bits per heavy atom. The van der Waals surface area contributed by atoms with E-state index in [4.69, 9.17) is 10.3 Å². The van der Waals surface area contributed by atoms with Gasteiger partial charge in [-0.2, -0.15) is 16.7 Å². The van der Waals surface area contributed by atoms with E-state index >= 15 is 0 Å². The van der Waals surface area contributed by atoms with E-state index in [1.807, 2.05) is 37.4 Å². The van der Waals surface area contributed by atoms with Gasteiger partial charge in [0.25, 0.3) is 0 Å². The molecule has 2 atom stereocenters. The van der Waals surface area contributed by atoms with E-state index in [9.17, 15) is 0 Å². The predicted molar refractivity (Wildman–Crippen MR) is 87.3 cm³/mol. The average Bonchev–Trinajstić information content (AvgIpc) is 2.87. The summed E-state index contributed by atoms with van der Waals surface area (Å²) in [4.78, 5) is 4.68. The molecule has 114 valence electrons. The third kappa shape index (κ3) is 3.02. The Labute approximate surface area is 130 Å². The quantitative estimate of drug-likeness (QED) is 0.919. The topological polar surface area (TPSA) is 64.9 Å². The lowest BCUT2D eigenvalue weighted by molar-refractivity contribution is 0.222. The summed E-state index contributed by atoms with van der Waals surface area (Å²) in [5.74, 6) is 3.85. The zero-order valence-electron chi connectivity index (χ0n) is 13.0. The van der Waals surface area contributed by atoms with Gasteiger partial charge in [0.15, 0.2) is 5.82 Å². The Kier molecular flexibility index (Phi) is 4.76. The van der Waals surface area contributed by atoms with Crippen molar-refractivity contribution >= 4 is 23.5 Å². The lowest BCUT2D eigenvalue weighted by Gasteiger charge is -2.34. The largest absolute Gasteiger partial charge is 0.339 e. The van der Waals surface area contributed by atoms with Gasteiger partial charge in [-0.15, -0.1) is 11.8 Å². The molecule has 0 saturated carbocycles. The Balaban J connectivity index is 2.24. The first-order valence-corrected chi connectivity index (χ1v) is 9.23. The molecule has 0 spiro atoms. The highest BCUT2D eigenvalue weighted by atomic mass is 32.2. The molecule has 1 aliphatic heterocycles. The Bertz CT molecular complexity index is 454. The molecule has 6 heteroatoms. The minimum absolute atomic E-state index is 0.341. The van der Waals surface area contributed by atoms with Crippen LogP contribution in [0.25, 0.3) is 0 Å². The second-order valence-electron chi connectivity index (χ2n) is 6.41. The van der Waals surface area contributed by atoms with E-state index in [0.29, 0.717) is 16.4 Å². The third-order valence-corrected chi connectivity index (χ3v) is 7.54. The first-order chi connectivity index (χ1) is 9.27. The van der Waals surface area contributed by atoms with Crippen molar-refractivity contribution in [2.24, 2.45) is 5.73 Å². The molecular formula is C14H25N3OS2. The third-order valence-electron chi connectivity index (χ3n) is 4.29. The molecule has 2 heterocycles. The highest BCUT2D eigenvalue weighted by Crippen LogP contribution is 2.43. The van der Waals surface area contributed by atoms with Crippen LogP contribution in [-0.2, 0) is 5.41 Å². The highest BCUT2D eigenvalue weighted by Gasteiger charge is 2.41. The van der Waals surface area contributed by atoms with Gasteiger partial charge in [0, 0.05) is 22.3 Å². The van der Waals surface area contributed by atoms with Crippen LogP contribution in [0, 0.1) is 0 Å². The van der Waals surface area contributed by atoms with Crippen molar-refractivity contribution in [2.45, 2.75) is 62.5 Å². The van der Waals surface area contributed by atoms with Crippen LogP contribution in [0.3, 0.4) is 0 Å². The fourth-order valence-electron chi connectivity index (χ4n) is 2.02. The smallest absolute Gasteiger partial charge is 0.234 e. The van der Waals surface area contributed by atoms with E-state index in [2.05, 4.69) is 30.9 Å². The molecule has 2 N–H and O–H groups in total. The van der Waals surface area contributed by atoms with Crippen LogP contribution in [0.1, 0.15) is 58.0 Å². The fourth-order valence-corrected chi connectivity index (χ4v) is 5.00. The number of nitrogens with zero attached hydrogens (tertiary/aromatic N) is 2. The van der Waals surface area contributed by atoms with Crippen molar-refractivity contribution in [3.05, 3.63) is 11.7 Å². The second-order valence-corrected chi connectivity index (χ2v) is 9.01. The van der Waals surface area contributed by atoms with E-state index in [1.54, 1.807) is 0 Å². The SMILES string of the molecule is CCC1SCCSC1c1noc(C(C)(C)C(C)(C)N)n1. The molecule has 0 aliphatic carbocycles. The number of nitrogens with two attached hydrogens (primary N) is 1. The van der Waals surface area contributed by atoms with Crippen LogP contribution >= 0.6 is 23.5 Å². The van der Waals surface area contributed by atoms with Gasteiger partial charge in [-0.1, -0.05) is 12.1 Å². The van der Waals surface area contributed by atoms with Gasteiger partial charge in [-0.25, -0.2) is 0 Å². The highest BCUT2D eigenvalue weighted by molar-refractivity contribution is 8.06. The molecule has 1 saturated heterocycles. The molecule has 1 aromatic rings. The van der Waals surface area contributed by atoms with Crippen LogP contribution in [0.2, 0.25) is 0 Å². The molecule has 1 aromatic heterocycles. The predicted octanol–water partition coefficient (Wildman–Crippen LogP) is 3.38. The van der Waals surface area contributed by atoms with E-state index in [-0.39, 0.29) is 5.41 Å². The monoisotopic (exact) mass is 315 g/mol. The Morgan fingerprint density at radius 2 is 1.90 bits per heavy atom. The van der Waals surface area contributed by atoms with Crippen LogP contribution in [0.4, 0.5) is 0 Å². The first kappa shape index (κ1) is 16.2. The second kappa shape index (κ2) is 5.89. The number of hydrogen-bond donors (Lipinski definition) is 1.